The number of carbonyl (C=O) groups is 1. The third kappa shape index (κ3) is 6.44. The van der Waals surface area contributed by atoms with Crippen molar-refractivity contribution in [2.75, 3.05) is 26.1 Å². The summed E-state index contributed by atoms with van der Waals surface area (Å²) in [5.41, 5.74) is 5.60. The molecule has 4 atom stereocenters. The lowest BCUT2D eigenvalue weighted by Crippen LogP contribution is -2.38. The minimum Gasteiger partial charge on any atom is -0.468 e. The molecule has 12 nitrogen and oxygen atoms in total. The molecule has 1 aromatic carbocycles. The normalized spacial score (nSPS) is 21.4. The predicted molar refractivity (Wildman–Crippen MR) is 108 cm³/mol. The summed E-state index contributed by atoms with van der Waals surface area (Å²) in [5, 5.41) is 2.30. The average molecular weight is 454 g/mol. The van der Waals surface area contributed by atoms with Gasteiger partial charge in [-0.2, -0.15) is 4.98 Å². The molecule has 0 aliphatic carbocycles. The number of esters is 1. The van der Waals surface area contributed by atoms with Gasteiger partial charge in [0.05, 0.1) is 13.7 Å². The number of anilines is 1. The van der Waals surface area contributed by atoms with Gasteiger partial charge in [0.25, 0.3) is 0 Å². The molecule has 2 aromatic rings. The first-order valence-corrected chi connectivity index (χ1v) is 10.8. The molecule has 0 radical (unpaired) electrons. The predicted octanol–water partition coefficient (Wildman–Crippen LogP) is 0.188. The fourth-order valence-corrected chi connectivity index (χ4v) is 3.88. The Labute approximate surface area is 177 Å². The zero-order valence-electron chi connectivity index (χ0n) is 16.6. The van der Waals surface area contributed by atoms with E-state index in [4.69, 9.17) is 24.5 Å². The second-order valence-corrected chi connectivity index (χ2v) is 8.16. The number of aromatic nitrogens is 2. The van der Waals surface area contributed by atoms with Crippen molar-refractivity contribution >= 4 is 19.5 Å². The van der Waals surface area contributed by atoms with Crippen LogP contribution in [0, 0.1) is 0 Å². The maximum Gasteiger partial charge on any atom is 0.403 e. The molecule has 3 rings (SSSR count). The van der Waals surface area contributed by atoms with Crippen molar-refractivity contribution < 1.29 is 33.0 Å². The fourth-order valence-electron chi connectivity index (χ4n) is 2.89. The summed E-state index contributed by atoms with van der Waals surface area (Å²) in [7, 11) is -3.24. The molecule has 0 bridgehead atoms. The molecular formula is C18H23N4O8P. The van der Waals surface area contributed by atoms with Crippen LogP contribution in [-0.4, -0.2) is 53.1 Å². The summed E-state index contributed by atoms with van der Waals surface area (Å²) >= 11 is 0. The van der Waals surface area contributed by atoms with Gasteiger partial charge in [0, 0.05) is 6.20 Å². The Morgan fingerprint density at radius 2 is 2.16 bits per heavy atom. The van der Waals surface area contributed by atoms with E-state index in [1.54, 1.807) is 24.3 Å². The Morgan fingerprint density at radius 1 is 1.42 bits per heavy atom. The van der Waals surface area contributed by atoms with Crippen LogP contribution in [0.2, 0.25) is 0 Å². The zero-order valence-corrected chi connectivity index (χ0v) is 17.5. The molecular weight excluding hydrogens is 431 g/mol. The van der Waals surface area contributed by atoms with Gasteiger partial charge in [-0.3, -0.25) is 13.9 Å². The van der Waals surface area contributed by atoms with Crippen molar-refractivity contribution in [3.05, 3.63) is 58.6 Å². The topological polar surface area (TPSA) is 164 Å². The van der Waals surface area contributed by atoms with E-state index in [0.29, 0.717) is 0 Å². The molecule has 0 saturated carbocycles. The summed E-state index contributed by atoms with van der Waals surface area (Å²) < 4.78 is 34.2. The summed E-state index contributed by atoms with van der Waals surface area (Å²) in [5.74, 6) is -0.645. The number of nitrogens with zero attached hydrogens (tertiary/aromatic N) is 2. The Hall–Kier alpha value is -2.60. The van der Waals surface area contributed by atoms with Crippen LogP contribution in [0.3, 0.4) is 0 Å². The maximum atomic E-state index is 12.5. The molecule has 1 aliphatic heterocycles. The lowest BCUT2D eigenvalue weighted by atomic mass is 10.1. The number of benzene rings is 1. The lowest BCUT2D eigenvalue weighted by molar-refractivity contribution is -0.142. The molecule has 4 N–H and O–H groups in total. The highest BCUT2D eigenvalue weighted by Gasteiger charge is 2.34. The smallest absolute Gasteiger partial charge is 0.403 e. The largest absolute Gasteiger partial charge is 0.468 e. The van der Waals surface area contributed by atoms with Crippen LogP contribution in [0.4, 0.5) is 5.82 Å². The summed E-state index contributed by atoms with van der Waals surface area (Å²) in [6.07, 6.45) is -0.277. The molecule has 1 aromatic heterocycles. The standard InChI is InChI=1S/C18H23N4O8P/c1-27-17(23)13(9-12-5-3-2-4-6-12)21-31(25,26)29-11-16-28-10-15(30-16)22-8-7-14(19)20-18(22)24/h2-8,13,15-16H,9-11H2,1H3,(H2,19,20,24)(H2,21,25,26)/t13?,15-,16?/m0/s1. The number of methoxy groups -OCH3 is 1. The minimum absolute atomic E-state index is 0.00147. The van der Waals surface area contributed by atoms with Gasteiger partial charge >= 0.3 is 19.4 Å². The van der Waals surface area contributed by atoms with Crippen LogP contribution in [0.1, 0.15) is 11.8 Å². The molecule has 0 amide bonds. The van der Waals surface area contributed by atoms with Crippen LogP contribution < -0.4 is 16.5 Å². The number of carbonyl (C=O) groups excluding carboxylic acids is 1. The molecule has 1 saturated heterocycles. The second-order valence-electron chi connectivity index (χ2n) is 6.61. The van der Waals surface area contributed by atoms with Gasteiger partial charge in [0.15, 0.2) is 12.5 Å². The highest BCUT2D eigenvalue weighted by Crippen LogP contribution is 2.39. The van der Waals surface area contributed by atoms with Gasteiger partial charge in [0.2, 0.25) is 0 Å². The Balaban J connectivity index is 1.56. The van der Waals surface area contributed by atoms with Crippen molar-refractivity contribution in [1.29, 1.82) is 0 Å². The second kappa shape index (κ2) is 10.1. The number of hydrogen-bond donors (Lipinski definition) is 3. The Bertz CT molecular complexity index is 1000. The number of rotatable bonds is 9. The molecule has 1 aliphatic rings. The maximum absolute atomic E-state index is 12.5. The third-order valence-corrected chi connectivity index (χ3v) is 5.51. The van der Waals surface area contributed by atoms with Crippen LogP contribution in [0.5, 0.6) is 0 Å². The molecule has 13 heteroatoms. The molecule has 2 heterocycles. The monoisotopic (exact) mass is 454 g/mol. The van der Waals surface area contributed by atoms with E-state index in [1.165, 1.54) is 23.9 Å². The summed E-state index contributed by atoms with van der Waals surface area (Å²) in [4.78, 5) is 37.7. The van der Waals surface area contributed by atoms with Crippen LogP contribution in [0.15, 0.2) is 47.4 Å². The van der Waals surface area contributed by atoms with Crippen molar-refractivity contribution in [1.82, 2.24) is 14.6 Å². The van der Waals surface area contributed by atoms with E-state index in [9.17, 15) is 19.0 Å². The zero-order chi connectivity index (χ0) is 22.4. The minimum atomic E-state index is -4.42. The first-order valence-electron chi connectivity index (χ1n) is 9.26. The van der Waals surface area contributed by atoms with Gasteiger partial charge in [-0.1, -0.05) is 30.3 Å². The van der Waals surface area contributed by atoms with Crippen LogP contribution in [-0.2, 0) is 34.5 Å². The highest BCUT2D eigenvalue weighted by atomic mass is 31.2. The first kappa shape index (κ1) is 23.1. The molecule has 3 unspecified atom stereocenters. The van der Waals surface area contributed by atoms with E-state index >= 15 is 0 Å². The molecule has 168 valence electrons. The van der Waals surface area contributed by atoms with Crippen molar-refractivity contribution in [3.8, 4) is 0 Å². The van der Waals surface area contributed by atoms with Gasteiger partial charge in [-0.25, -0.2) is 14.4 Å². The van der Waals surface area contributed by atoms with E-state index < -0.39 is 44.6 Å². The number of nitrogens with one attached hydrogen (secondary N) is 1. The van der Waals surface area contributed by atoms with E-state index in [2.05, 4.69) is 10.1 Å². The number of ether oxygens (including phenoxy) is 3. The first-order chi connectivity index (χ1) is 14.8. The SMILES string of the molecule is COC(=O)C(Cc1ccccc1)NP(=O)(O)OCC1OC[C@@H](n2ccc(N)nc2=O)O1. The summed E-state index contributed by atoms with van der Waals surface area (Å²) in [6.45, 7) is -0.421. The summed E-state index contributed by atoms with van der Waals surface area (Å²) in [6, 6.07) is 9.25. The lowest BCUT2D eigenvalue weighted by Gasteiger charge is -2.21. The van der Waals surface area contributed by atoms with Gasteiger partial charge in [-0.05, 0) is 18.1 Å². The van der Waals surface area contributed by atoms with E-state index in [-0.39, 0.29) is 18.8 Å². The highest BCUT2D eigenvalue weighted by molar-refractivity contribution is 7.50. The number of nitrogen functional groups attached to an aromatic ring is 1. The van der Waals surface area contributed by atoms with Gasteiger partial charge in [-0.15, -0.1) is 0 Å². The van der Waals surface area contributed by atoms with Gasteiger partial charge < -0.3 is 24.8 Å². The average Bonchev–Trinajstić information content (AvgIpc) is 3.21. The third-order valence-electron chi connectivity index (χ3n) is 4.37. The quantitative estimate of drug-likeness (QED) is 0.350. The molecule has 31 heavy (non-hydrogen) atoms. The Kier molecular flexibility index (Phi) is 7.55. The molecule has 1 fully saturated rings. The van der Waals surface area contributed by atoms with Gasteiger partial charge in [0.1, 0.15) is 18.5 Å². The fraction of sp³-hybridized carbons (Fsp3) is 0.389. The Morgan fingerprint density at radius 3 is 2.84 bits per heavy atom. The van der Waals surface area contributed by atoms with Crippen LogP contribution >= 0.6 is 7.75 Å². The number of hydrogen-bond acceptors (Lipinski definition) is 9. The van der Waals surface area contributed by atoms with Crippen molar-refractivity contribution in [3.63, 3.8) is 0 Å². The molecule has 0 spiro atoms. The number of nitrogens with two attached hydrogens (primary N) is 1. The van der Waals surface area contributed by atoms with Crippen LogP contribution in [0.25, 0.3) is 0 Å². The van der Waals surface area contributed by atoms with E-state index in [1.807, 2.05) is 6.07 Å². The van der Waals surface area contributed by atoms with Crippen molar-refractivity contribution in [2.24, 2.45) is 0 Å². The van der Waals surface area contributed by atoms with Crippen molar-refractivity contribution in [2.45, 2.75) is 25.0 Å². The van der Waals surface area contributed by atoms with E-state index in [0.717, 1.165) is 5.56 Å².